The first kappa shape index (κ1) is 10.9. The molecular weight excluding hydrogens is 196 g/mol. The van der Waals surface area contributed by atoms with Crippen LogP contribution in [0.3, 0.4) is 0 Å². The average molecular weight is 214 g/mol. The van der Waals surface area contributed by atoms with Gasteiger partial charge in [-0.15, -0.1) is 0 Å². The molecule has 0 atom stereocenters. The average Bonchev–Trinajstić information content (AvgIpc) is 2.63. The Morgan fingerprint density at radius 3 is 2.12 bits per heavy atom. The second kappa shape index (κ2) is 3.78. The van der Waals surface area contributed by atoms with Gasteiger partial charge in [0.05, 0.1) is 6.20 Å². The van der Waals surface area contributed by atoms with Crippen LogP contribution in [0.5, 0.6) is 0 Å². The zero-order valence-corrected chi connectivity index (χ0v) is 10.3. The molecule has 0 spiro atoms. The van der Waals surface area contributed by atoms with Crippen molar-refractivity contribution in [1.29, 1.82) is 0 Å². The van der Waals surface area contributed by atoms with Crippen LogP contribution in [-0.4, -0.2) is 10.2 Å². The van der Waals surface area contributed by atoms with Gasteiger partial charge >= 0.3 is 0 Å². The van der Waals surface area contributed by atoms with Gasteiger partial charge in [-0.05, 0) is 23.5 Å². The van der Waals surface area contributed by atoms with Gasteiger partial charge < -0.3 is 0 Å². The summed E-state index contributed by atoms with van der Waals surface area (Å²) in [5.74, 6) is 0. The second-order valence-electron chi connectivity index (χ2n) is 5.24. The van der Waals surface area contributed by atoms with Crippen LogP contribution < -0.4 is 0 Å². The number of rotatable bonds is 1. The molecule has 2 heteroatoms. The molecule has 0 amide bonds. The van der Waals surface area contributed by atoms with Gasteiger partial charge in [0.1, 0.15) is 0 Å². The van der Waals surface area contributed by atoms with Crippen LogP contribution in [0.15, 0.2) is 30.5 Å². The minimum Gasteiger partial charge on any atom is -0.282 e. The smallest absolute Gasteiger partial charge is 0.0568 e. The Hall–Kier alpha value is -1.57. The van der Waals surface area contributed by atoms with Crippen molar-refractivity contribution in [3.05, 3.63) is 41.7 Å². The highest BCUT2D eigenvalue weighted by molar-refractivity contribution is 5.65. The van der Waals surface area contributed by atoms with E-state index in [0.717, 1.165) is 5.69 Å². The van der Waals surface area contributed by atoms with Gasteiger partial charge in [0.2, 0.25) is 0 Å². The number of hydrogen-bond donors (Lipinski definition) is 1. The summed E-state index contributed by atoms with van der Waals surface area (Å²) in [5, 5.41) is 7.01. The molecule has 0 bridgehead atoms. The Bertz CT molecular complexity index is 472. The largest absolute Gasteiger partial charge is 0.282 e. The standard InChI is InChI=1S/C14H18N2/c1-10-13(9-15-16-10)11-5-7-12(8-6-11)14(2,3)4/h5-9H,1-4H3,(H,15,16). The first-order valence-corrected chi connectivity index (χ1v) is 5.59. The molecular formula is C14H18N2. The highest BCUT2D eigenvalue weighted by Crippen LogP contribution is 2.26. The Labute approximate surface area is 96.7 Å². The SMILES string of the molecule is Cc1[nH]ncc1-c1ccc(C(C)(C)C)cc1. The fourth-order valence-electron chi connectivity index (χ4n) is 1.79. The van der Waals surface area contributed by atoms with Crippen molar-refractivity contribution in [3.63, 3.8) is 0 Å². The molecule has 0 saturated heterocycles. The summed E-state index contributed by atoms with van der Waals surface area (Å²) in [7, 11) is 0. The van der Waals surface area contributed by atoms with E-state index in [1.807, 2.05) is 13.1 Å². The predicted octanol–water partition coefficient (Wildman–Crippen LogP) is 3.68. The number of aryl methyl sites for hydroxylation is 1. The number of aromatic amines is 1. The summed E-state index contributed by atoms with van der Waals surface area (Å²) in [4.78, 5) is 0. The molecule has 0 aliphatic heterocycles. The Kier molecular flexibility index (Phi) is 2.58. The number of nitrogens with one attached hydrogen (secondary N) is 1. The first-order chi connectivity index (χ1) is 7.48. The van der Waals surface area contributed by atoms with Crippen molar-refractivity contribution in [2.24, 2.45) is 0 Å². The van der Waals surface area contributed by atoms with E-state index < -0.39 is 0 Å². The van der Waals surface area contributed by atoms with Crippen LogP contribution in [0.1, 0.15) is 32.0 Å². The van der Waals surface area contributed by atoms with Gasteiger partial charge in [-0.3, -0.25) is 5.10 Å². The summed E-state index contributed by atoms with van der Waals surface area (Å²) < 4.78 is 0. The molecule has 0 aliphatic rings. The predicted molar refractivity (Wildman–Crippen MR) is 67.5 cm³/mol. The Balaban J connectivity index is 2.37. The molecule has 84 valence electrons. The fraction of sp³-hybridized carbons (Fsp3) is 0.357. The third-order valence-electron chi connectivity index (χ3n) is 2.89. The van der Waals surface area contributed by atoms with Gasteiger partial charge in [-0.25, -0.2) is 0 Å². The van der Waals surface area contributed by atoms with Crippen molar-refractivity contribution >= 4 is 0 Å². The van der Waals surface area contributed by atoms with Gasteiger partial charge in [0, 0.05) is 11.3 Å². The summed E-state index contributed by atoms with van der Waals surface area (Å²) in [6, 6.07) is 8.72. The molecule has 2 aromatic rings. The molecule has 0 fully saturated rings. The minimum absolute atomic E-state index is 0.212. The zero-order chi connectivity index (χ0) is 11.8. The number of aromatic nitrogens is 2. The molecule has 2 nitrogen and oxygen atoms in total. The number of H-pyrrole nitrogens is 1. The molecule has 1 heterocycles. The van der Waals surface area contributed by atoms with Crippen LogP contribution in [0.25, 0.3) is 11.1 Å². The van der Waals surface area contributed by atoms with Crippen LogP contribution in [0.2, 0.25) is 0 Å². The van der Waals surface area contributed by atoms with E-state index >= 15 is 0 Å². The Morgan fingerprint density at radius 2 is 1.69 bits per heavy atom. The van der Waals surface area contributed by atoms with E-state index in [4.69, 9.17) is 0 Å². The van der Waals surface area contributed by atoms with Crippen LogP contribution >= 0.6 is 0 Å². The van der Waals surface area contributed by atoms with Crippen molar-refractivity contribution in [1.82, 2.24) is 10.2 Å². The lowest BCUT2D eigenvalue weighted by atomic mass is 9.86. The van der Waals surface area contributed by atoms with Crippen molar-refractivity contribution in [2.45, 2.75) is 33.1 Å². The lowest BCUT2D eigenvalue weighted by molar-refractivity contribution is 0.590. The zero-order valence-electron chi connectivity index (χ0n) is 10.3. The lowest BCUT2D eigenvalue weighted by Crippen LogP contribution is -2.10. The third-order valence-corrected chi connectivity index (χ3v) is 2.89. The molecule has 1 aromatic carbocycles. The van der Waals surface area contributed by atoms with Crippen LogP contribution in [0.4, 0.5) is 0 Å². The lowest BCUT2D eigenvalue weighted by Gasteiger charge is -2.19. The molecule has 0 unspecified atom stereocenters. The molecule has 1 N–H and O–H groups in total. The van der Waals surface area contributed by atoms with Gasteiger partial charge in [0.25, 0.3) is 0 Å². The second-order valence-corrected chi connectivity index (χ2v) is 5.24. The van der Waals surface area contributed by atoms with E-state index in [1.165, 1.54) is 16.7 Å². The summed E-state index contributed by atoms with van der Waals surface area (Å²) >= 11 is 0. The van der Waals surface area contributed by atoms with Gasteiger partial charge in [-0.1, -0.05) is 45.0 Å². The first-order valence-electron chi connectivity index (χ1n) is 5.59. The number of benzene rings is 1. The van der Waals surface area contributed by atoms with E-state index in [-0.39, 0.29) is 5.41 Å². The van der Waals surface area contributed by atoms with E-state index in [2.05, 4.69) is 55.2 Å². The molecule has 0 radical (unpaired) electrons. The van der Waals surface area contributed by atoms with Gasteiger partial charge in [0.15, 0.2) is 0 Å². The minimum atomic E-state index is 0.212. The summed E-state index contributed by atoms with van der Waals surface area (Å²) in [6.45, 7) is 8.72. The van der Waals surface area contributed by atoms with Crippen molar-refractivity contribution < 1.29 is 0 Å². The monoisotopic (exact) mass is 214 g/mol. The highest BCUT2D eigenvalue weighted by atomic mass is 15.1. The molecule has 0 saturated carbocycles. The fourth-order valence-corrected chi connectivity index (χ4v) is 1.79. The quantitative estimate of drug-likeness (QED) is 0.770. The summed E-state index contributed by atoms with van der Waals surface area (Å²) in [6.07, 6.45) is 1.88. The maximum absolute atomic E-state index is 4.04. The maximum atomic E-state index is 4.04. The molecule has 1 aromatic heterocycles. The number of hydrogen-bond acceptors (Lipinski definition) is 1. The van der Waals surface area contributed by atoms with E-state index in [1.54, 1.807) is 0 Å². The topological polar surface area (TPSA) is 28.7 Å². The highest BCUT2D eigenvalue weighted by Gasteiger charge is 2.13. The van der Waals surface area contributed by atoms with Crippen LogP contribution in [-0.2, 0) is 5.41 Å². The summed E-state index contributed by atoms with van der Waals surface area (Å²) in [5.41, 5.74) is 5.09. The van der Waals surface area contributed by atoms with Crippen LogP contribution in [0, 0.1) is 6.92 Å². The number of nitrogens with zero attached hydrogens (tertiary/aromatic N) is 1. The third kappa shape index (κ3) is 2.01. The van der Waals surface area contributed by atoms with Gasteiger partial charge in [-0.2, -0.15) is 5.10 Å². The van der Waals surface area contributed by atoms with E-state index in [9.17, 15) is 0 Å². The Morgan fingerprint density at radius 1 is 1.06 bits per heavy atom. The van der Waals surface area contributed by atoms with Crippen molar-refractivity contribution in [3.8, 4) is 11.1 Å². The normalized spacial score (nSPS) is 11.8. The maximum Gasteiger partial charge on any atom is 0.0568 e. The molecule has 16 heavy (non-hydrogen) atoms. The van der Waals surface area contributed by atoms with Crippen molar-refractivity contribution in [2.75, 3.05) is 0 Å². The molecule has 0 aliphatic carbocycles. The van der Waals surface area contributed by atoms with E-state index in [0.29, 0.717) is 0 Å². The molecule has 2 rings (SSSR count).